The van der Waals surface area contributed by atoms with E-state index in [1.165, 1.54) is 11.4 Å². The molecule has 1 saturated heterocycles. The summed E-state index contributed by atoms with van der Waals surface area (Å²) >= 11 is 0. The third-order valence-electron chi connectivity index (χ3n) is 3.82. The quantitative estimate of drug-likeness (QED) is 0.794. The van der Waals surface area contributed by atoms with Crippen LogP contribution < -0.4 is 5.06 Å². The lowest BCUT2D eigenvalue weighted by Gasteiger charge is -2.24. The second-order valence-corrected chi connectivity index (χ2v) is 5.25. The first-order chi connectivity index (χ1) is 10.2. The highest BCUT2D eigenvalue weighted by Gasteiger charge is 2.28. The lowest BCUT2D eigenvalue weighted by molar-refractivity contribution is 0.0947. The molecule has 1 amide bonds. The van der Waals surface area contributed by atoms with Crippen molar-refractivity contribution in [2.24, 2.45) is 0 Å². The topological polar surface area (TPSA) is 58.6 Å². The largest absolute Gasteiger partial charge is 0.434 e. The predicted octanol–water partition coefficient (Wildman–Crippen LogP) is 2.60. The molecule has 2 aromatic rings. The van der Waals surface area contributed by atoms with Gasteiger partial charge in [0.2, 0.25) is 0 Å². The summed E-state index contributed by atoms with van der Waals surface area (Å²) in [6.07, 6.45) is 3.19. The van der Waals surface area contributed by atoms with Gasteiger partial charge in [-0.1, -0.05) is 12.1 Å². The molecule has 1 aliphatic rings. The molecule has 0 spiro atoms. The molecule has 1 aromatic carbocycles. The Hall–Kier alpha value is -2.37. The van der Waals surface area contributed by atoms with Gasteiger partial charge >= 0.3 is 6.09 Å². The first kappa shape index (κ1) is 13.6. The lowest BCUT2D eigenvalue weighted by Crippen LogP contribution is -2.38. The molecule has 0 bridgehead atoms. The van der Waals surface area contributed by atoms with Crippen molar-refractivity contribution in [3.8, 4) is 0 Å². The number of amides is 1. The summed E-state index contributed by atoms with van der Waals surface area (Å²) in [4.78, 5) is 27.8. The van der Waals surface area contributed by atoms with Gasteiger partial charge in [-0.15, -0.1) is 0 Å². The molecule has 6 heteroatoms. The van der Waals surface area contributed by atoms with Crippen LogP contribution in [0.15, 0.2) is 30.6 Å². The highest BCUT2D eigenvalue weighted by atomic mass is 16.7. The summed E-state index contributed by atoms with van der Waals surface area (Å²) < 4.78 is 0. The average Bonchev–Trinajstić information content (AvgIpc) is 2.92. The van der Waals surface area contributed by atoms with Crippen LogP contribution in [0.4, 0.5) is 10.6 Å². The fraction of sp³-hybridized carbons (Fsp3) is 0.400. The van der Waals surface area contributed by atoms with Crippen LogP contribution in [0.5, 0.6) is 0 Å². The molecule has 0 radical (unpaired) electrons. The zero-order valence-corrected chi connectivity index (χ0v) is 12.2. The summed E-state index contributed by atoms with van der Waals surface area (Å²) in [6.45, 7) is 2.78. The molecule has 110 valence electrons. The van der Waals surface area contributed by atoms with Crippen LogP contribution in [-0.4, -0.2) is 40.6 Å². The normalized spacial score (nSPS) is 18.0. The van der Waals surface area contributed by atoms with E-state index in [0.717, 1.165) is 30.3 Å². The number of anilines is 1. The Morgan fingerprint density at radius 2 is 2.19 bits per heavy atom. The molecular formula is C15H18N4O2. The molecule has 21 heavy (non-hydrogen) atoms. The summed E-state index contributed by atoms with van der Waals surface area (Å²) in [5, 5.41) is 2.27. The standard InChI is InChI=1S/C15H18N4O2/c1-11-6-5-9-19(11)15(20)21-18(2)14-12-7-3-4-8-13(12)16-10-17-14/h3-4,7-8,10-11H,5-6,9H2,1-2H3. The van der Waals surface area contributed by atoms with Crippen LogP contribution in [0.25, 0.3) is 10.9 Å². The van der Waals surface area contributed by atoms with E-state index in [9.17, 15) is 4.79 Å². The molecule has 0 saturated carbocycles. The van der Waals surface area contributed by atoms with Crippen molar-refractivity contribution in [1.82, 2.24) is 14.9 Å². The number of benzene rings is 1. The number of hydroxylamine groups is 1. The van der Waals surface area contributed by atoms with Crippen molar-refractivity contribution in [1.29, 1.82) is 0 Å². The third kappa shape index (κ3) is 2.61. The number of carbonyl (C=O) groups excluding carboxylic acids is 1. The first-order valence-electron chi connectivity index (χ1n) is 7.09. The van der Waals surface area contributed by atoms with Crippen molar-refractivity contribution in [3.05, 3.63) is 30.6 Å². The zero-order valence-electron chi connectivity index (χ0n) is 12.2. The van der Waals surface area contributed by atoms with Gasteiger partial charge in [-0.2, -0.15) is 5.06 Å². The number of para-hydroxylation sites is 1. The minimum absolute atomic E-state index is 0.230. The average molecular weight is 286 g/mol. The number of nitrogens with zero attached hydrogens (tertiary/aromatic N) is 4. The third-order valence-corrected chi connectivity index (χ3v) is 3.82. The van der Waals surface area contributed by atoms with Gasteiger partial charge in [-0.3, -0.25) is 0 Å². The lowest BCUT2D eigenvalue weighted by atomic mass is 10.2. The van der Waals surface area contributed by atoms with Gasteiger partial charge in [0.05, 0.1) is 5.52 Å². The molecular weight excluding hydrogens is 268 g/mol. The number of aromatic nitrogens is 2. The van der Waals surface area contributed by atoms with E-state index < -0.39 is 0 Å². The van der Waals surface area contributed by atoms with Crippen molar-refractivity contribution >= 4 is 22.8 Å². The van der Waals surface area contributed by atoms with Crippen molar-refractivity contribution in [2.75, 3.05) is 18.7 Å². The minimum atomic E-state index is -0.329. The molecule has 1 aromatic heterocycles. The second-order valence-electron chi connectivity index (χ2n) is 5.25. The Morgan fingerprint density at radius 1 is 1.38 bits per heavy atom. The number of rotatable bonds is 2. The van der Waals surface area contributed by atoms with E-state index >= 15 is 0 Å². The minimum Gasteiger partial charge on any atom is -0.320 e. The van der Waals surface area contributed by atoms with E-state index in [1.807, 2.05) is 31.2 Å². The molecule has 1 aliphatic heterocycles. The Balaban J connectivity index is 1.81. The highest BCUT2D eigenvalue weighted by molar-refractivity contribution is 5.89. The fourth-order valence-electron chi connectivity index (χ4n) is 2.66. The SMILES string of the molecule is CC1CCCN1C(=O)ON(C)c1ncnc2ccccc12. The number of likely N-dealkylation sites (tertiary alicyclic amines) is 1. The summed E-state index contributed by atoms with van der Waals surface area (Å²) in [5.41, 5.74) is 0.819. The van der Waals surface area contributed by atoms with Gasteiger partial charge in [0.25, 0.3) is 0 Å². The molecule has 0 N–H and O–H groups in total. The first-order valence-corrected chi connectivity index (χ1v) is 7.09. The zero-order chi connectivity index (χ0) is 14.8. The van der Waals surface area contributed by atoms with Gasteiger partial charge < -0.3 is 9.74 Å². The van der Waals surface area contributed by atoms with Crippen molar-refractivity contribution < 1.29 is 9.63 Å². The van der Waals surface area contributed by atoms with Gasteiger partial charge in [-0.05, 0) is 31.9 Å². The predicted molar refractivity (Wildman–Crippen MR) is 79.8 cm³/mol. The maximum Gasteiger partial charge on any atom is 0.434 e. The molecule has 1 unspecified atom stereocenters. The van der Waals surface area contributed by atoms with Gasteiger partial charge in [0.1, 0.15) is 6.33 Å². The van der Waals surface area contributed by atoms with Crippen LogP contribution in [0, 0.1) is 0 Å². The monoisotopic (exact) mass is 286 g/mol. The second kappa shape index (κ2) is 5.55. The fourth-order valence-corrected chi connectivity index (χ4v) is 2.66. The smallest absolute Gasteiger partial charge is 0.320 e. The Bertz CT molecular complexity index is 656. The van der Waals surface area contributed by atoms with Crippen LogP contribution in [0.3, 0.4) is 0 Å². The van der Waals surface area contributed by atoms with Crippen LogP contribution in [0.2, 0.25) is 0 Å². The molecule has 0 aliphatic carbocycles. The van der Waals surface area contributed by atoms with Gasteiger partial charge in [0.15, 0.2) is 5.82 Å². The number of hydrogen-bond acceptors (Lipinski definition) is 5. The maximum absolute atomic E-state index is 12.2. The Labute approximate surface area is 123 Å². The van der Waals surface area contributed by atoms with E-state index in [-0.39, 0.29) is 12.1 Å². The van der Waals surface area contributed by atoms with Gasteiger partial charge in [-0.25, -0.2) is 14.8 Å². The Morgan fingerprint density at radius 3 is 2.95 bits per heavy atom. The molecule has 2 heterocycles. The van der Waals surface area contributed by atoms with Crippen LogP contribution >= 0.6 is 0 Å². The van der Waals surface area contributed by atoms with Gasteiger partial charge in [0, 0.05) is 25.0 Å². The van der Waals surface area contributed by atoms with E-state index in [4.69, 9.17) is 4.84 Å². The number of fused-ring (bicyclic) bond motifs is 1. The maximum atomic E-state index is 12.2. The Kier molecular flexibility index (Phi) is 3.60. The summed E-state index contributed by atoms with van der Waals surface area (Å²) in [7, 11) is 1.69. The van der Waals surface area contributed by atoms with E-state index in [0.29, 0.717) is 5.82 Å². The molecule has 1 atom stereocenters. The van der Waals surface area contributed by atoms with Crippen LogP contribution in [-0.2, 0) is 4.84 Å². The van der Waals surface area contributed by atoms with Crippen molar-refractivity contribution in [3.63, 3.8) is 0 Å². The van der Waals surface area contributed by atoms with Crippen LogP contribution in [0.1, 0.15) is 19.8 Å². The highest BCUT2D eigenvalue weighted by Crippen LogP contribution is 2.23. The summed E-state index contributed by atoms with van der Waals surface area (Å²) in [6, 6.07) is 7.87. The van der Waals surface area contributed by atoms with E-state index in [2.05, 4.69) is 9.97 Å². The summed E-state index contributed by atoms with van der Waals surface area (Å²) in [5.74, 6) is 0.584. The van der Waals surface area contributed by atoms with Crippen molar-refractivity contribution in [2.45, 2.75) is 25.8 Å². The molecule has 3 rings (SSSR count). The molecule has 1 fully saturated rings. The number of carbonyl (C=O) groups is 1. The number of hydrogen-bond donors (Lipinski definition) is 0. The molecule has 6 nitrogen and oxygen atoms in total. The van der Waals surface area contributed by atoms with E-state index in [1.54, 1.807) is 11.9 Å².